The fourth-order valence-corrected chi connectivity index (χ4v) is 5.65. The Morgan fingerprint density at radius 1 is 0.875 bits per heavy atom. The number of ether oxygens (including phenoxy) is 2. The van der Waals surface area contributed by atoms with Crippen LogP contribution in [0.2, 0.25) is 0 Å². The number of hydrogen-bond donors (Lipinski definition) is 0. The first-order chi connectivity index (χ1) is 11.6. The Bertz CT molecular complexity index is 579. The molecule has 1 saturated heterocycles. The van der Waals surface area contributed by atoms with Gasteiger partial charge in [0.1, 0.15) is 6.10 Å². The van der Waals surface area contributed by atoms with Gasteiger partial charge in [0.05, 0.1) is 13.2 Å². The number of hydrogen-bond acceptors (Lipinski definition) is 3. The molecule has 2 aromatic carbocycles. The summed E-state index contributed by atoms with van der Waals surface area (Å²) >= 11 is 0. The molecule has 128 valence electrons. The van der Waals surface area contributed by atoms with E-state index in [1.807, 2.05) is 12.1 Å². The van der Waals surface area contributed by atoms with Crippen LogP contribution in [-0.2, 0) is 13.9 Å². The zero-order valence-electron chi connectivity index (χ0n) is 14.6. The maximum absolute atomic E-state index is 6.76. The predicted octanol–water partition coefficient (Wildman–Crippen LogP) is 2.33. The Balaban J connectivity index is 1.93. The zero-order valence-corrected chi connectivity index (χ0v) is 15.8. The predicted molar refractivity (Wildman–Crippen MR) is 99.3 cm³/mol. The molecule has 24 heavy (non-hydrogen) atoms. The van der Waals surface area contributed by atoms with Crippen LogP contribution in [0.25, 0.3) is 0 Å². The van der Waals surface area contributed by atoms with E-state index < -0.39 is 9.04 Å². The highest BCUT2D eigenvalue weighted by Crippen LogP contribution is 2.29. The van der Waals surface area contributed by atoms with E-state index in [1.54, 1.807) is 0 Å². The minimum Gasteiger partial charge on any atom is -0.402 e. The van der Waals surface area contributed by atoms with E-state index in [4.69, 9.17) is 13.9 Å². The van der Waals surface area contributed by atoms with Gasteiger partial charge in [-0.05, 0) is 15.8 Å². The quantitative estimate of drug-likeness (QED) is 0.781. The molecule has 3 rings (SSSR count). The van der Waals surface area contributed by atoms with Crippen LogP contribution in [0.1, 0.15) is 20.8 Å². The zero-order chi connectivity index (χ0) is 17.0. The minimum atomic E-state index is -1.82. The van der Waals surface area contributed by atoms with Crippen molar-refractivity contribution < 1.29 is 13.9 Å². The van der Waals surface area contributed by atoms with Crippen molar-refractivity contribution in [1.82, 2.24) is 0 Å². The van der Waals surface area contributed by atoms with Gasteiger partial charge in [-0.1, -0.05) is 81.4 Å². The Labute approximate surface area is 146 Å². The summed E-state index contributed by atoms with van der Waals surface area (Å²) in [5.41, 5.74) is -0.0657. The van der Waals surface area contributed by atoms with Crippen molar-refractivity contribution in [2.24, 2.45) is 5.41 Å². The second-order valence-corrected chi connectivity index (χ2v) is 9.60. The first-order valence-electron chi connectivity index (χ1n) is 8.54. The first kappa shape index (κ1) is 17.4. The van der Waals surface area contributed by atoms with Crippen molar-refractivity contribution >= 4 is 19.4 Å². The highest BCUT2D eigenvalue weighted by atomic mass is 28.3. The number of rotatable bonds is 5. The van der Waals surface area contributed by atoms with Gasteiger partial charge in [-0.3, -0.25) is 0 Å². The molecule has 3 nitrogen and oxygen atoms in total. The number of benzene rings is 2. The summed E-state index contributed by atoms with van der Waals surface area (Å²) in [7, 11) is -1.82. The highest BCUT2D eigenvalue weighted by molar-refractivity contribution is 6.80. The van der Waals surface area contributed by atoms with Crippen molar-refractivity contribution in [2.75, 3.05) is 13.2 Å². The Morgan fingerprint density at radius 2 is 1.33 bits per heavy atom. The van der Waals surface area contributed by atoms with Gasteiger partial charge in [0.2, 0.25) is 9.04 Å². The van der Waals surface area contributed by atoms with Gasteiger partial charge < -0.3 is 13.9 Å². The van der Waals surface area contributed by atoms with Gasteiger partial charge in [0.25, 0.3) is 0 Å². The molecule has 0 spiro atoms. The smallest absolute Gasteiger partial charge is 0.240 e. The molecule has 2 aromatic rings. The van der Waals surface area contributed by atoms with Gasteiger partial charge in [-0.15, -0.1) is 0 Å². The highest BCUT2D eigenvalue weighted by Gasteiger charge is 2.39. The lowest BCUT2D eigenvalue weighted by atomic mass is 9.89. The van der Waals surface area contributed by atoms with Crippen LogP contribution in [0.15, 0.2) is 60.7 Å². The lowest BCUT2D eigenvalue weighted by molar-refractivity contribution is -0.143. The maximum Gasteiger partial charge on any atom is 0.240 e. The van der Waals surface area contributed by atoms with E-state index in [9.17, 15) is 0 Å². The second kappa shape index (κ2) is 7.62. The van der Waals surface area contributed by atoms with Crippen LogP contribution in [0.3, 0.4) is 0 Å². The molecule has 0 aromatic heterocycles. The molecule has 1 aliphatic heterocycles. The molecule has 0 amide bonds. The Kier molecular flexibility index (Phi) is 5.51. The molecule has 0 saturated carbocycles. The summed E-state index contributed by atoms with van der Waals surface area (Å²) in [4.78, 5) is 0. The molecule has 4 heteroatoms. The van der Waals surface area contributed by atoms with Gasteiger partial charge in [-0.25, -0.2) is 0 Å². The average Bonchev–Trinajstić information content (AvgIpc) is 3.10. The molecule has 0 bridgehead atoms. The van der Waals surface area contributed by atoms with E-state index in [0.29, 0.717) is 13.2 Å². The molecule has 1 atom stereocenters. The van der Waals surface area contributed by atoms with Crippen molar-refractivity contribution in [2.45, 2.75) is 33.2 Å². The van der Waals surface area contributed by atoms with Crippen LogP contribution in [0.4, 0.5) is 0 Å². The van der Waals surface area contributed by atoms with Crippen LogP contribution < -0.4 is 10.4 Å². The van der Waals surface area contributed by atoms with Gasteiger partial charge in [0.15, 0.2) is 6.29 Å². The Hall–Kier alpha value is -1.46. The standard InChI is InChI=1S/C20H26O3Si/c1-20(2,3)18(19-21-14-15-22-19)23-24(16-10-6-4-7-11-16)17-12-8-5-9-13-17/h4-13,18-19,24H,14-15H2,1-3H3. The third-order valence-electron chi connectivity index (χ3n) is 4.24. The third-order valence-corrected chi connectivity index (χ3v) is 6.78. The lowest BCUT2D eigenvalue weighted by Gasteiger charge is -2.36. The molecule has 1 heterocycles. The van der Waals surface area contributed by atoms with E-state index >= 15 is 0 Å². The fourth-order valence-electron chi connectivity index (χ4n) is 2.98. The summed E-state index contributed by atoms with van der Waals surface area (Å²) in [5, 5.41) is 2.55. The maximum atomic E-state index is 6.76. The van der Waals surface area contributed by atoms with E-state index in [1.165, 1.54) is 10.4 Å². The summed E-state index contributed by atoms with van der Waals surface area (Å²) < 4.78 is 18.3. The molecular formula is C20H26O3Si. The van der Waals surface area contributed by atoms with Crippen LogP contribution >= 0.6 is 0 Å². The molecule has 0 aliphatic carbocycles. The summed E-state index contributed by atoms with van der Waals surface area (Å²) in [6, 6.07) is 21.1. The van der Waals surface area contributed by atoms with Crippen molar-refractivity contribution in [3.63, 3.8) is 0 Å². The molecule has 0 radical (unpaired) electrons. The van der Waals surface area contributed by atoms with Gasteiger partial charge in [-0.2, -0.15) is 0 Å². The average molecular weight is 343 g/mol. The van der Waals surface area contributed by atoms with E-state index in [-0.39, 0.29) is 17.8 Å². The normalized spacial score (nSPS) is 17.3. The monoisotopic (exact) mass is 342 g/mol. The molecule has 0 N–H and O–H groups in total. The fraction of sp³-hybridized carbons (Fsp3) is 0.400. The summed E-state index contributed by atoms with van der Waals surface area (Å²) in [6.07, 6.45) is -0.385. The second-order valence-electron chi connectivity index (χ2n) is 7.23. The summed E-state index contributed by atoms with van der Waals surface area (Å²) in [5.74, 6) is 0. The van der Waals surface area contributed by atoms with Crippen LogP contribution in [0, 0.1) is 5.41 Å². The largest absolute Gasteiger partial charge is 0.402 e. The first-order valence-corrected chi connectivity index (χ1v) is 10.2. The van der Waals surface area contributed by atoms with Crippen LogP contribution in [0.5, 0.6) is 0 Å². The van der Waals surface area contributed by atoms with Gasteiger partial charge >= 0.3 is 0 Å². The molecule has 1 aliphatic rings. The van der Waals surface area contributed by atoms with Crippen molar-refractivity contribution in [3.8, 4) is 0 Å². The van der Waals surface area contributed by atoms with Crippen LogP contribution in [-0.4, -0.2) is 34.6 Å². The molecule has 1 fully saturated rings. The lowest BCUT2D eigenvalue weighted by Crippen LogP contribution is -2.53. The molecular weight excluding hydrogens is 316 g/mol. The minimum absolute atomic E-state index is 0.0657. The molecule has 1 unspecified atom stereocenters. The summed E-state index contributed by atoms with van der Waals surface area (Å²) in [6.45, 7) is 7.84. The van der Waals surface area contributed by atoms with E-state index in [0.717, 1.165) is 0 Å². The SMILES string of the molecule is CC(C)(C)C(O[SiH](c1ccccc1)c1ccccc1)C1OCCO1. The third kappa shape index (κ3) is 4.14. The van der Waals surface area contributed by atoms with Crippen molar-refractivity contribution in [3.05, 3.63) is 60.7 Å². The van der Waals surface area contributed by atoms with Crippen molar-refractivity contribution in [1.29, 1.82) is 0 Å². The topological polar surface area (TPSA) is 27.7 Å². The van der Waals surface area contributed by atoms with E-state index in [2.05, 4.69) is 69.3 Å². The van der Waals surface area contributed by atoms with Gasteiger partial charge in [0, 0.05) is 0 Å². The Morgan fingerprint density at radius 3 is 1.75 bits per heavy atom.